The summed E-state index contributed by atoms with van der Waals surface area (Å²) in [6, 6.07) is 17.2. The van der Waals surface area contributed by atoms with Crippen LogP contribution in [0.1, 0.15) is 5.56 Å². The molecule has 0 atom stereocenters. The van der Waals surface area contributed by atoms with Crippen molar-refractivity contribution >= 4 is 5.69 Å². The Kier molecular flexibility index (Phi) is 3.45. The molecule has 0 amide bonds. The lowest BCUT2D eigenvalue weighted by molar-refractivity contribution is 0.402. The van der Waals surface area contributed by atoms with Gasteiger partial charge in [0.1, 0.15) is 0 Å². The van der Waals surface area contributed by atoms with Gasteiger partial charge in [0.15, 0.2) is 0 Å². The first-order chi connectivity index (χ1) is 8.16. The van der Waals surface area contributed by atoms with E-state index in [2.05, 4.69) is 49.3 Å². The van der Waals surface area contributed by atoms with Crippen LogP contribution in [0.2, 0.25) is 0 Å². The average Bonchev–Trinajstić information content (AvgIpc) is 2.29. The first-order valence-corrected chi connectivity index (χ1v) is 5.66. The molecule has 2 rings (SSSR count). The lowest BCUT2D eigenvalue weighted by Gasteiger charge is -2.11. The molecule has 2 nitrogen and oxygen atoms in total. The Hall–Kier alpha value is -1.80. The highest BCUT2D eigenvalue weighted by Gasteiger charge is 2.03. The molecular weight excluding hydrogens is 208 g/mol. The van der Waals surface area contributed by atoms with Gasteiger partial charge in [-0.15, -0.1) is 0 Å². The highest BCUT2D eigenvalue weighted by atomic mass is 15.0. The molecule has 2 aromatic rings. The van der Waals surface area contributed by atoms with Crippen LogP contribution in [0.15, 0.2) is 42.5 Å². The van der Waals surface area contributed by atoms with Crippen molar-refractivity contribution in [3.8, 4) is 11.1 Å². The predicted molar refractivity (Wildman–Crippen MR) is 72.5 cm³/mol. The summed E-state index contributed by atoms with van der Waals surface area (Å²) >= 11 is 0. The van der Waals surface area contributed by atoms with Gasteiger partial charge in [-0.3, -0.25) is 0 Å². The molecule has 0 bridgehead atoms. The van der Waals surface area contributed by atoms with E-state index in [4.69, 9.17) is 5.73 Å². The summed E-state index contributed by atoms with van der Waals surface area (Å²) in [6.07, 6.45) is 0. The second kappa shape index (κ2) is 5.02. The van der Waals surface area contributed by atoms with Crippen LogP contribution in [0, 0.1) is 6.07 Å². The number of nitrogens with zero attached hydrogens (tertiary/aromatic N) is 1. The van der Waals surface area contributed by atoms with Crippen LogP contribution in [0.3, 0.4) is 0 Å². The standard InChI is InChI=1S/C15H17N2/c1-17(2)11-12-6-5-7-13(10-12)14-8-3-4-9-15(14)16/h3,5-10H,11,16H2,1-2H3. The van der Waals surface area contributed by atoms with E-state index in [0.717, 1.165) is 23.4 Å². The summed E-state index contributed by atoms with van der Waals surface area (Å²) in [4.78, 5) is 2.15. The highest BCUT2D eigenvalue weighted by Crippen LogP contribution is 2.26. The van der Waals surface area contributed by atoms with Crippen molar-refractivity contribution in [2.75, 3.05) is 19.8 Å². The monoisotopic (exact) mass is 225 g/mol. The van der Waals surface area contributed by atoms with E-state index in [9.17, 15) is 0 Å². The molecule has 0 aliphatic carbocycles. The van der Waals surface area contributed by atoms with Crippen LogP contribution in [0.25, 0.3) is 11.1 Å². The van der Waals surface area contributed by atoms with E-state index in [1.54, 1.807) is 0 Å². The van der Waals surface area contributed by atoms with Gasteiger partial charge in [-0.25, -0.2) is 0 Å². The quantitative estimate of drug-likeness (QED) is 0.814. The summed E-state index contributed by atoms with van der Waals surface area (Å²) in [6.45, 7) is 0.937. The molecule has 17 heavy (non-hydrogen) atoms. The van der Waals surface area contributed by atoms with Crippen LogP contribution in [0.4, 0.5) is 5.69 Å². The van der Waals surface area contributed by atoms with Gasteiger partial charge in [0, 0.05) is 17.8 Å². The molecule has 0 saturated carbocycles. The van der Waals surface area contributed by atoms with Crippen molar-refractivity contribution in [3.05, 3.63) is 54.1 Å². The Morgan fingerprint density at radius 3 is 2.76 bits per heavy atom. The minimum absolute atomic E-state index is 0.773. The van der Waals surface area contributed by atoms with Crippen LogP contribution >= 0.6 is 0 Å². The largest absolute Gasteiger partial charge is 0.398 e. The molecule has 0 fully saturated rings. The third kappa shape index (κ3) is 2.86. The topological polar surface area (TPSA) is 29.3 Å². The molecule has 2 heteroatoms. The molecule has 2 aromatic carbocycles. The Morgan fingerprint density at radius 1 is 1.24 bits per heavy atom. The second-order valence-corrected chi connectivity index (χ2v) is 4.45. The minimum atomic E-state index is 0.773. The first-order valence-electron chi connectivity index (χ1n) is 5.66. The maximum atomic E-state index is 5.96. The number of rotatable bonds is 3. The van der Waals surface area contributed by atoms with Gasteiger partial charge in [-0.1, -0.05) is 30.3 Å². The summed E-state index contributed by atoms with van der Waals surface area (Å²) in [5.41, 5.74) is 10.3. The van der Waals surface area contributed by atoms with E-state index in [1.165, 1.54) is 5.56 Å². The van der Waals surface area contributed by atoms with Gasteiger partial charge in [0.25, 0.3) is 0 Å². The molecule has 1 radical (unpaired) electrons. The van der Waals surface area contributed by atoms with Gasteiger partial charge >= 0.3 is 0 Å². The molecule has 0 heterocycles. The Balaban J connectivity index is 2.37. The molecule has 87 valence electrons. The molecule has 0 spiro atoms. The summed E-state index contributed by atoms with van der Waals surface area (Å²) < 4.78 is 0. The zero-order chi connectivity index (χ0) is 12.3. The lowest BCUT2D eigenvalue weighted by atomic mass is 10.0. The molecule has 0 aliphatic heterocycles. The molecule has 0 aliphatic rings. The number of nitrogens with two attached hydrogens (primary N) is 1. The van der Waals surface area contributed by atoms with Crippen LogP contribution in [-0.4, -0.2) is 19.0 Å². The van der Waals surface area contributed by atoms with E-state index >= 15 is 0 Å². The number of nitrogen functional groups attached to an aromatic ring is 1. The smallest absolute Gasteiger partial charge is 0.0399 e. The lowest BCUT2D eigenvalue weighted by Crippen LogP contribution is -2.10. The van der Waals surface area contributed by atoms with E-state index in [-0.39, 0.29) is 0 Å². The van der Waals surface area contributed by atoms with E-state index in [1.807, 2.05) is 18.2 Å². The third-order valence-corrected chi connectivity index (χ3v) is 2.63. The summed E-state index contributed by atoms with van der Waals surface area (Å²) in [5, 5.41) is 0. The second-order valence-electron chi connectivity index (χ2n) is 4.45. The van der Waals surface area contributed by atoms with Crippen molar-refractivity contribution in [2.45, 2.75) is 6.54 Å². The van der Waals surface area contributed by atoms with Gasteiger partial charge in [0.05, 0.1) is 0 Å². The zero-order valence-electron chi connectivity index (χ0n) is 10.3. The van der Waals surface area contributed by atoms with Crippen LogP contribution in [0.5, 0.6) is 0 Å². The number of hydrogen-bond acceptors (Lipinski definition) is 2. The fourth-order valence-electron chi connectivity index (χ4n) is 1.91. The van der Waals surface area contributed by atoms with Crippen molar-refractivity contribution in [1.82, 2.24) is 4.90 Å². The minimum Gasteiger partial charge on any atom is -0.398 e. The molecule has 0 unspecified atom stereocenters. The van der Waals surface area contributed by atoms with Gasteiger partial charge in [-0.05, 0) is 43.4 Å². The molecule has 0 saturated heterocycles. The fourth-order valence-corrected chi connectivity index (χ4v) is 1.91. The number of benzene rings is 2. The molecular formula is C15H17N2. The Labute approximate surface area is 103 Å². The predicted octanol–water partition coefficient (Wildman–Crippen LogP) is 2.80. The zero-order valence-corrected chi connectivity index (χ0v) is 10.3. The maximum Gasteiger partial charge on any atom is 0.0399 e. The van der Waals surface area contributed by atoms with Gasteiger partial charge in [-0.2, -0.15) is 0 Å². The summed E-state index contributed by atoms with van der Waals surface area (Å²) in [5.74, 6) is 0. The fraction of sp³-hybridized carbons (Fsp3) is 0.200. The first kappa shape index (κ1) is 11.7. The van der Waals surface area contributed by atoms with E-state index < -0.39 is 0 Å². The van der Waals surface area contributed by atoms with Gasteiger partial charge in [0.2, 0.25) is 0 Å². The van der Waals surface area contributed by atoms with Crippen LogP contribution < -0.4 is 5.73 Å². The number of hydrogen-bond donors (Lipinski definition) is 1. The maximum absolute atomic E-state index is 5.96. The summed E-state index contributed by atoms with van der Waals surface area (Å²) in [7, 11) is 4.14. The Bertz CT molecular complexity index is 504. The van der Waals surface area contributed by atoms with Crippen molar-refractivity contribution in [3.63, 3.8) is 0 Å². The third-order valence-electron chi connectivity index (χ3n) is 2.63. The van der Waals surface area contributed by atoms with Crippen molar-refractivity contribution in [2.24, 2.45) is 0 Å². The van der Waals surface area contributed by atoms with Crippen LogP contribution in [-0.2, 0) is 6.54 Å². The van der Waals surface area contributed by atoms with Crippen molar-refractivity contribution in [1.29, 1.82) is 0 Å². The van der Waals surface area contributed by atoms with Gasteiger partial charge < -0.3 is 10.6 Å². The highest BCUT2D eigenvalue weighted by molar-refractivity contribution is 5.76. The molecule has 0 aromatic heterocycles. The Morgan fingerprint density at radius 2 is 2.06 bits per heavy atom. The average molecular weight is 225 g/mol. The van der Waals surface area contributed by atoms with E-state index in [0.29, 0.717) is 0 Å². The van der Waals surface area contributed by atoms with Crippen molar-refractivity contribution < 1.29 is 0 Å². The number of anilines is 1. The molecule has 2 N–H and O–H groups in total. The SMILES string of the molecule is CN(C)Cc1cccc(-c2cc[c]cc2N)c1. The normalized spacial score (nSPS) is 10.8.